The lowest BCUT2D eigenvalue weighted by Crippen LogP contribution is -2.04. The lowest BCUT2D eigenvalue weighted by Gasteiger charge is -2.12. The number of nitrogens with zero attached hydrogens (tertiary/aromatic N) is 2. The van der Waals surface area contributed by atoms with Crippen molar-refractivity contribution in [2.45, 2.75) is 18.6 Å². The fourth-order valence-corrected chi connectivity index (χ4v) is 3.15. The quantitative estimate of drug-likeness (QED) is 0.809. The molecule has 4 nitrogen and oxygen atoms in total. The van der Waals surface area contributed by atoms with E-state index in [2.05, 4.69) is 35.0 Å². The van der Waals surface area contributed by atoms with Crippen LogP contribution in [0.1, 0.15) is 13.3 Å². The maximum Gasteiger partial charge on any atom is 0.249 e. The molecule has 0 amide bonds. The normalized spacial score (nSPS) is 12.0. The van der Waals surface area contributed by atoms with Crippen LogP contribution in [0.2, 0.25) is 0 Å². The molecule has 0 aliphatic carbocycles. The number of methoxy groups -OCH3 is 1. The third-order valence-corrected chi connectivity index (χ3v) is 4.94. The molecule has 0 saturated carbocycles. The Kier molecular flexibility index (Phi) is 5.79. The highest BCUT2D eigenvalue weighted by atomic mass is 32.2. The summed E-state index contributed by atoms with van der Waals surface area (Å²) in [7, 11) is 1.56. The molecule has 0 radical (unpaired) electrons. The predicted octanol–water partition coefficient (Wildman–Crippen LogP) is 4.42. The first-order chi connectivity index (χ1) is 10.5. The van der Waals surface area contributed by atoms with Crippen LogP contribution in [-0.4, -0.2) is 28.6 Å². The summed E-state index contributed by atoms with van der Waals surface area (Å²) in [6.45, 7) is 6.18. The van der Waals surface area contributed by atoms with Gasteiger partial charge in [0.2, 0.25) is 5.88 Å². The molecule has 7 heteroatoms. The maximum atomic E-state index is 13.3. The summed E-state index contributed by atoms with van der Waals surface area (Å²) in [6, 6.07) is 1.40. The zero-order valence-electron chi connectivity index (χ0n) is 12.7. The number of nitrogens with one attached hydrogen (secondary N) is 1. The largest absolute Gasteiger partial charge is 0.479 e. The Bertz CT molecular complexity index is 660. The molecule has 1 unspecified atom stereocenters. The topological polar surface area (TPSA) is 47.0 Å². The summed E-state index contributed by atoms with van der Waals surface area (Å²) in [4.78, 5) is 8.22. The van der Waals surface area contributed by atoms with Gasteiger partial charge in [-0.15, -0.1) is 0 Å². The van der Waals surface area contributed by atoms with Gasteiger partial charge in [0, 0.05) is 22.7 Å². The van der Waals surface area contributed by atoms with Gasteiger partial charge >= 0.3 is 0 Å². The van der Waals surface area contributed by atoms with Gasteiger partial charge in [-0.25, -0.2) is 4.39 Å². The molecule has 2 heterocycles. The molecule has 0 bridgehead atoms. The van der Waals surface area contributed by atoms with Crippen molar-refractivity contribution in [2.24, 2.45) is 0 Å². The van der Waals surface area contributed by atoms with Gasteiger partial charge in [-0.2, -0.15) is 16.7 Å². The molecular weight excluding hydrogens is 321 g/mol. The van der Waals surface area contributed by atoms with Crippen molar-refractivity contribution in [3.8, 4) is 16.5 Å². The van der Waals surface area contributed by atoms with Crippen molar-refractivity contribution in [2.75, 3.05) is 18.7 Å². The van der Waals surface area contributed by atoms with Crippen LogP contribution in [0.5, 0.6) is 5.88 Å². The highest BCUT2D eigenvalue weighted by Crippen LogP contribution is 2.37. The average Bonchev–Trinajstić information content (AvgIpc) is 2.89. The summed E-state index contributed by atoms with van der Waals surface area (Å²) in [5.74, 6) is 0.0848. The summed E-state index contributed by atoms with van der Waals surface area (Å²) < 4.78 is 18.6. The van der Waals surface area contributed by atoms with E-state index in [9.17, 15) is 4.39 Å². The number of anilines is 1. The maximum absolute atomic E-state index is 13.3. The third-order valence-electron chi connectivity index (χ3n) is 2.97. The van der Waals surface area contributed by atoms with Crippen LogP contribution >= 0.6 is 23.1 Å². The van der Waals surface area contributed by atoms with Crippen molar-refractivity contribution in [1.29, 1.82) is 0 Å². The smallest absolute Gasteiger partial charge is 0.249 e. The van der Waals surface area contributed by atoms with E-state index in [4.69, 9.17) is 4.74 Å². The Balaban J connectivity index is 2.20. The van der Waals surface area contributed by atoms with Crippen molar-refractivity contribution < 1.29 is 9.13 Å². The second kappa shape index (κ2) is 7.60. The number of thioether (sulfide) groups is 1. The highest BCUT2D eigenvalue weighted by Gasteiger charge is 2.15. The first-order valence-corrected chi connectivity index (χ1v) is 8.77. The molecule has 1 N–H and O–H groups in total. The lowest BCUT2D eigenvalue weighted by molar-refractivity contribution is 0.403. The summed E-state index contributed by atoms with van der Waals surface area (Å²) >= 11 is 3.17. The molecule has 0 aliphatic rings. The first-order valence-electron chi connectivity index (χ1n) is 6.66. The van der Waals surface area contributed by atoms with Gasteiger partial charge in [0.1, 0.15) is 10.8 Å². The second-order valence-corrected chi connectivity index (χ2v) is 7.00. The molecule has 0 aromatic carbocycles. The number of aromatic nitrogens is 2. The van der Waals surface area contributed by atoms with Crippen LogP contribution in [0.4, 0.5) is 9.39 Å². The van der Waals surface area contributed by atoms with E-state index in [1.165, 1.54) is 23.6 Å². The van der Waals surface area contributed by atoms with Crippen LogP contribution in [0.15, 0.2) is 30.7 Å². The average molecular weight is 339 g/mol. The first kappa shape index (κ1) is 16.8. The number of hydrogen-bond acceptors (Lipinski definition) is 6. The van der Waals surface area contributed by atoms with Crippen LogP contribution in [0.3, 0.4) is 0 Å². The molecule has 0 spiro atoms. The predicted molar refractivity (Wildman–Crippen MR) is 92.2 cm³/mol. The van der Waals surface area contributed by atoms with Gasteiger partial charge in [-0.3, -0.25) is 4.98 Å². The van der Waals surface area contributed by atoms with Crippen molar-refractivity contribution >= 4 is 28.1 Å². The Morgan fingerprint density at radius 2 is 2.32 bits per heavy atom. The Morgan fingerprint density at radius 1 is 1.55 bits per heavy atom. The van der Waals surface area contributed by atoms with Crippen LogP contribution in [-0.2, 0) is 0 Å². The van der Waals surface area contributed by atoms with Crippen molar-refractivity contribution in [3.63, 3.8) is 0 Å². The number of rotatable bonds is 7. The monoisotopic (exact) mass is 339 g/mol. The molecule has 0 aliphatic heterocycles. The minimum atomic E-state index is -0.389. The zero-order chi connectivity index (χ0) is 16.1. The Hall–Kier alpha value is -1.60. The minimum absolute atomic E-state index is 0.389. The molecule has 1 atom stereocenters. The fraction of sp³-hybridized carbons (Fsp3) is 0.333. The molecular formula is C15H18FN3OS2. The molecule has 2 rings (SSSR count). The van der Waals surface area contributed by atoms with Gasteiger partial charge in [0.05, 0.1) is 13.3 Å². The van der Waals surface area contributed by atoms with Crippen LogP contribution in [0.25, 0.3) is 10.6 Å². The standard InChI is InChI=1S/C15H18FN3OS2/c1-9(5-10(2)21-4)18-15-13(20-3)19-14(22-15)11-6-12(16)8-17-7-11/h6-8,10,18H,1,5H2,2-4H3. The number of pyridine rings is 1. The van der Waals surface area contributed by atoms with E-state index in [-0.39, 0.29) is 5.82 Å². The number of thiazole rings is 1. The van der Waals surface area contributed by atoms with Gasteiger partial charge in [-0.1, -0.05) is 24.8 Å². The van der Waals surface area contributed by atoms with E-state index >= 15 is 0 Å². The second-order valence-electron chi connectivity index (χ2n) is 4.73. The molecule has 2 aromatic rings. The summed E-state index contributed by atoms with van der Waals surface area (Å²) in [5.41, 5.74) is 1.52. The van der Waals surface area contributed by atoms with E-state index in [1.807, 2.05) is 0 Å². The molecule has 0 saturated heterocycles. The Morgan fingerprint density at radius 3 is 2.95 bits per heavy atom. The molecule has 118 valence electrons. The van der Waals surface area contributed by atoms with Gasteiger partial charge in [-0.05, 0) is 18.7 Å². The van der Waals surface area contributed by atoms with Crippen molar-refractivity contribution in [1.82, 2.24) is 9.97 Å². The SMILES string of the molecule is C=C(CC(C)SC)Nc1sc(-c2cncc(F)c2)nc1OC. The number of allylic oxidation sites excluding steroid dienone is 1. The van der Waals surface area contributed by atoms with Gasteiger partial charge in [0.25, 0.3) is 0 Å². The number of hydrogen-bond donors (Lipinski definition) is 1. The third kappa shape index (κ3) is 4.20. The molecule has 0 fully saturated rings. The van der Waals surface area contributed by atoms with E-state index in [0.29, 0.717) is 21.7 Å². The highest BCUT2D eigenvalue weighted by molar-refractivity contribution is 7.99. The fourth-order valence-electron chi connectivity index (χ4n) is 1.82. The van der Waals surface area contributed by atoms with Crippen molar-refractivity contribution in [3.05, 3.63) is 36.6 Å². The summed E-state index contributed by atoms with van der Waals surface area (Å²) in [5, 5.41) is 5.13. The van der Waals surface area contributed by atoms with Gasteiger partial charge in [0.15, 0.2) is 5.00 Å². The number of ether oxygens (including phenoxy) is 1. The van der Waals surface area contributed by atoms with E-state index in [0.717, 1.165) is 17.1 Å². The van der Waals surface area contributed by atoms with Gasteiger partial charge < -0.3 is 10.1 Å². The molecule has 22 heavy (non-hydrogen) atoms. The number of halogens is 1. The van der Waals surface area contributed by atoms with Crippen LogP contribution in [0, 0.1) is 5.82 Å². The van der Waals surface area contributed by atoms with E-state index < -0.39 is 0 Å². The minimum Gasteiger partial charge on any atom is -0.479 e. The van der Waals surface area contributed by atoms with Crippen LogP contribution < -0.4 is 10.1 Å². The van der Waals surface area contributed by atoms with E-state index in [1.54, 1.807) is 25.1 Å². The lowest BCUT2D eigenvalue weighted by atomic mass is 10.3. The summed E-state index contributed by atoms with van der Waals surface area (Å²) in [6.07, 6.45) is 5.66. The zero-order valence-corrected chi connectivity index (χ0v) is 14.4. The Labute approximate surface area is 137 Å². The molecule has 2 aromatic heterocycles.